The standard InChI is InChI=1S/C22H25N3O2/c26-21-8-5-15-25(21)16-17-9-11-18(12-10-17)22(27)23-19-6-1-2-7-20(19)24-13-3-4-14-24/h1-2,6-7,9-12H,3-5,8,13-16H2,(H,23,27). The summed E-state index contributed by atoms with van der Waals surface area (Å²) in [7, 11) is 0. The first-order chi connectivity index (χ1) is 13.2. The number of hydrogen-bond acceptors (Lipinski definition) is 3. The van der Waals surface area contributed by atoms with Gasteiger partial charge in [-0.3, -0.25) is 9.59 Å². The number of carbonyl (C=O) groups is 2. The molecular formula is C22H25N3O2. The fourth-order valence-electron chi connectivity index (χ4n) is 3.86. The summed E-state index contributed by atoms with van der Waals surface area (Å²) >= 11 is 0. The number of rotatable bonds is 5. The van der Waals surface area contributed by atoms with Gasteiger partial charge in [0.2, 0.25) is 5.91 Å². The van der Waals surface area contributed by atoms with Crippen LogP contribution in [0.15, 0.2) is 48.5 Å². The van der Waals surface area contributed by atoms with E-state index >= 15 is 0 Å². The largest absolute Gasteiger partial charge is 0.370 e. The molecule has 1 N–H and O–H groups in total. The van der Waals surface area contributed by atoms with Crippen molar-refractivity contribution in [2.75, 3.05) is 29.9 Å². The summed E-state index contributed by atoms with van der Waals surface area (Å²) in [6.07, 6.45) is 3.99. The molecule has 2 fully saturated rings. The van der Waals surface area contributed by atoms with Gasteiger partial charge in [0.1, 0.15) is 0 Å². The number of benzene rings is 2. The first-order valence-electron chi connectivity index (χ1n) is 9.73. The van der Waals surface area contributed by atoms with Crippen LogP contribution in [0.5, 0.6) is 0 Å². The van der Waals surface area contributed by atoms with E-state index in [4.69, 9.17) is 0 Å². The molecule has 0 aliphatic carbocycles. The van der Waals surface area contributed by atoms with E-state index in [1.54, 1.807) is 0 Å². The Morgan fingerprint density at radius 1 is 0.926 bits per heavy atom. The lowest BCUT2D eigenvalue weighted by Crippen LogP contribution is -2.24. The third-order valence-electron chi connectivity index (χ3n) is 5.36. The second-order valence-electron chi connectivity index (χ2n) is 7.28. The SMILES string of the molecule is O=C(Nc1ccccc1N1CCCC1)c1ccc(CN2CCCC2=O)cc1. The van der Waals surface area contributed by atoms with Crippen molar-refractivity contribution in [1.29, 1.82) is 0 Å². The molecule has 4 rings (SSSR count). The third kappa shape index (κ3) is 3.97. The molecule has 0 bridgehead atoms. The Morgan fingerprint density at radius 2 is 1.67 bits per heavy atom. The summed E-state index contributed by atoms with van der Waals surface area (Å²) in [5.41, 5.74) is 3.63. The molecule has 140 valence electrons. The van der Waals surface area contributed by atoms with Crippen LogP contribution in [-0.2, 0) is 11.3 Å². The van der Waals surface area contributed by atoms with E-state index in [1.807, 2.05) is 47.4 Å². The lowest BCUT2D eigenvalue weighted by Gasteiger charge is -2.21. The molecule has 0 saturated carbocycles. The lowest BCUT2D eigenvalue weighted by molar-refractivity contribution is -0.128. The van der Waals surface area contributed by atoms with E-state index < -0.39 is 0 Å². The summed E-state index contributed by atoms with van der Waals surface area (Å²) in [5, 5.41) is 3.06. The fourth-order valence-corrected chi connectivity index (χ4v) is 3.86. The molecule has 27 heavy (non-hydrogen) atoms. The minimum absolute atomic E-state index is 0.106. The van der Waals surface area contributed by atoms with Gasteiger partial charge < -0.3 is 15.1 Å². The molecule has 0 unspecified atom stereocenters. The van der Waals surface area contributed by atoms with E-state index in [1.165, 1.54) is 12.8 Å². The van der Waals surface area contributed by atoms with Crippen molar-refractivity contribution in [1.82, 2.24) is 4.90 Å². The molecular weight excluding hydrogens is 338 g/mol. The summed E-state index contributed by atoms with van der Waals surface area (Å²) in [4.78, 5) is 28.7. The van der Waals surface area contributed by atoms with Crippen molar-refractivity contribution >= 4 is 23.2 Å². The molecule has 2 aromatic rings. The summed E-state index contributed by atoms with van der Waals surface area (Å²) in [5.74, 6) is 0.112. The average molecular weight is 363 g/mol. The predicted molar refractivity (Wildman–Crippen MR) is 107 cm³/mol. The smallest absolute Gasteiger partial charge is 0.255 e. The zero-order chi connectivity index (χ0) is 18.6. The Bertz CT molecular complexity index is 826. The highest BCUT2D eigenvalue weighted by Crippen LogP contribution is 2.29. The van der Waals surface area contributed by atoms with Gasteiger partial charge >= 0.3 is 0 Å². The van der Waals surface area contributed by atoms with Crippen LogP contribution in [0, 0.1) is 0 Å². The first kappa shape index (κ1) is 17.6. The Labute approximate surface area is 160 Å². The maximum atomic E-state index is 12.7. The molecule has 5 nitrogen and oxygen atoms in total. The van der Waals surface area contributed by atoms with Crippen LogP contribution in [0.1, 0.15) is 41.6 Å². The Hall–Kier alpha value is -2.82. The first-order valence-corrected chi connectivity index (χ1v) is 9.73. The molecule has 0 radical (unpaired) electrons. The third-order valence-corrected chi connectivity index (χ3v) is 5.36. The molecule has 5 heteroatoms. The van der Waals surface area contributed by atoms with E-state index in [9.17, 15) is 9.59 Å². The van der Waals surface area contributed by atoms with Crippen molar-refractivity contribution < 1.29 is 9.59 Å². The summed E-state index contributed by atoms with van der Waals surface area (Å²) < 4.78 is 0. The maximum Gasteiger partial charge on any atom is 0.255 e. The van der Waals surface area contributed by atoms with E-state index in [0.29, 0.717) is 18.5 Å². The van der Waals surface area contributed by atoms with Gasteiger partial charge in [-0.05, 0) is 49.1 Å². The highest BCUT2D eigenvalue weighted by atomic mass is 16.2. The van der Waals surface area contributed by atoms with Gasteiger partial charge in [0.25, 0.3) is 5.91 Å². The minimum Gasteiger partial charge on any atom is -0.370 e. The minimum atomic E-state index is -0.106. The van der Waals surface area contributed by atoms with Gasteiger partial charge in [0, 0.05) is 38.2 Å². The zero-order valence-corrected chi connectivity index (χ0v) is 15.5. The van der Waals surface area contributed by atoms with Crippen LogP contribution in [-0.4, -0.2) is 36.3 Å². The average Bonchev–Trinajstić information content (AvgIpc) is 3.35. The number of nitrogens with zero attached hydrogens (tertiary/aromatic N) is 2. The number of amides is 2. The molecule has 2 amide bonds. The highest BCUT2D eigenvalue weighted by molar-refractivity contribution is 6.06. The van der Waals surface area contributed by atoms with Gasteiger partial charge in [-0.15, -0.1) is 0 Å². The van der Waals surface area contributed by atoms with Gasteiger partial charge in [0.15, 0.2) is 0 Å². The highest BCUT2D eigenvalue weighted by Gasteiger charge is 2.20. The van der Waals surface area contributed by atoms with E-state index in [-0.39, 0.29) is 11.8 Å². The molecule has 2 saturated heterocycles. The number of anilines is 2. The Balaban J connectivity index is 1.43. The van der Waals surface area contributed by atoms with E-state index in [2.05, 4.69) is 16.3 Å². The molecule has 0 atom stereocenters. The molecule has 2 aromatic carbocycles. The van der Waals surface area contributed by atoms with Gasteiger partial charge in [-0.2, -0.15) is 0 Å². The zero-order valence-electron chi connectivity index (χ0n) is 15.5. The molecule has 0 spiro atoms. The van der Waals surface area contributed by atoms with Crippen LogP contribution < -0.4 is 10.2 Å². The number of nitrogens with one attached hydrogen (secondary N) is 1. The van der Waals surface area contributed by atoms with Gasteiger partial charge in [-0.25, -0.2) is 0 Å². The number of hydrogen-bond donors (Lipinski definition) is 1. The van der Waals surface area contributed by atoms with Crippen molar-refractivity contribution in [3.05, 3.63) is 59.7 Å². The quantitative estimate of drug-likeness (QED) is 0.882. The van der Waals surface area contributed by atoms with Crippen molar-refractivity contribution in [2.45, 2.75) is 32.2 Å². The van der Waals surface area contributed by atoms with Crippen molar-refractivity contribution in [3.8, 4) is 0 Å². The Kier molecular flexibility index (Phi) is 5.10. The number of para-hydroxylation sites is 2. The van der Waals surface area contributed by atoms with Crippen LogP contribution >= 0.6 is 0 Å². The Morgan fingerprint density at radius 3 is 2.37 bits per heavy atom. The molecule has 2 aliphatic rings. The second-order valence-corrected chi connectivity index (χ2v) is 7.28. The van der Waals surface area contributed by atoms with Gasteiger partial charge in [-0.1, -0.05) is 24.3 Å². The number of likely N-dealkylation sites (tertiary alicyclic amines) is 1. The van der Waals surface area contributed by atoms with E-state index in [0.717, 1.165) is 43.0 Å². The maximum absolute atomic E-state index is 12.7. The molecule has 2 heterocycles. The van der Waals surface area contributed by atoms with Crippen LogP contribution in [0.25, 0.3) is 0 Å². The summed E-state index contributed by atoms with van der Waals surface area (Å²) in [6.45, 7) is 3.53. The number of carbonyl (C=O) groups excluding carboxylic acids is 2. The van der Waals surface area contributed by atoms with Crippen LogP contribution in [0.3, 0.4) is 0 Å². The van der Waals surface area contributed by atoms with Crippen molar-refractivity contribution in [2.24, 2.45) is 0 Å². The van der Waals surface area contributed by atoms with Crippen LogP contribution in [0.4, 0.5) is 11.4 Å². The van der Waals surface area contributed by atoms with Gasteiger partial charge in [0.05, 0.1) is 11.4 Å². The molecule has 2 aliphatic heterocycles. The molecule has 0 aromatic heterocycles. The second kappa shape index (κ2) is 7.82. The lowest BCUT2D eigenvalue weighted by atomic mass is 10.1. The monoisotopic (exact) mass is 363 g/mol. The predicted octanol–water partition coefficient (Wildman–Crippen LogP) is 3.66. The van der Waals surface area contributed by atoms with Crippen LogP contribution in [0.2, 0.25) is 0 Å². The fraction of sp³-hybridized carbons (Fsp3) is 0.364. The normalized spacial score (nSPS) is 16.8. The van der Waals surface area contributed by atoms with Crippen molar-refractivity contribution in [3.63, 3.8) is 0 Å². The topological polar surface area (TPSA) is 52.7 Å². The summed E-state index contributed by atoms with van der Waals surface area (Å²) in [6, 6.07) is 15.5.